The number of rotatable bonds is 4. The van der Waals surface area contributed by atoms with Crippen LogP contribution in [0.5, 0.6) is 0 Å². The minimum atomic E-state index is -0.435. The van der Waals surface area contributed by atoms with Crippen molar-refractivity contribution in [2.45, 2.75) is 25.1 Å². The lowest BCUT2D eigenvalue weighted by Gasteiger charge is -2.23. The highest BCUT2D eigenvalue weighted by atomic mass is 19.1. The Morgan fingerprint density at radius 3 is 2.92 bits per heavy atom. The van der Waals surface area contributed by atoms with Gasteiger partial charge in [0.15, 0.2) is 5.76 Å². The lowest BCUT2D eigenvalue weighted by Crippen LogP contribution is -2.24. The summed E-state index contributed by atoms with van der Waals surface area (Å²) in [6.45, 7) is 1.03. The second-order valence-electron chi connectivity index (χ2n) is 6.05. The van der Waals surface area contributed by atoms with Gasteiger partial charge in [0.1, 0.15) is 5.82 Å². The van der Waals surface area contributed by atoms with Crippen molar-refractivity contribution in [2.75, 3.05) is 6.54 Å². The fraction of sp³-hybridized carbons (Fsp3) is 0.278. The number of nitrogens with zero attached hydrogens (tertiary/aromatic N) is 2. The van der Waals surface area contributed by atoms with Crippen LogP contribution >= 0.6 is 0 Å². The minimum Gasteiger partial charge on any atom is -0.461 e. The summed E-state index contributed by atoms with van der Waals surface area (Å²) in [6.07, 6.45) is 1.72. The van der Waals surface area contributed by atoms with Gasteiger partial charge in [-0.1, -0.05) is 17.3 Å². The molecule has 0 spiro atoms. The van der Waals surface area contributed by atoms with E-state index in [1.807, 2.05) is 12.1 Å². The first-order chi connectivity index (χ1) is 11.7. The Hall–Kier alpha value is -2.44. The van der Waals surface area contributed by atoms with Crippen molar-refractivity contribution in [3.8, 4) is 11.5 Å². The Kier molecular flexibility index (Phi) is 3.92. The zero-order valence-electron chi connectivity index (χ0n) is 12.9. The van der Waals surface area contributed by atoms with Gasteiger partial charge in [-0.2, -0.15) is 0 Å². The molecule has 1 N–H and O–H groups in total. The Morgan fingerprint density at radius 2 is 2.12 bits per heavy atom. The largest absolute Gasteiger partial charge is 0.461 e. The third-order valence-electron chi connectivity index (χ3n) is 4.30. The molecule has 4 rings (SSSR count). The van der Waals surface area contributed by atoms with Crippen LogP contribution in [0.2, 0.25) is 0 Å². The summed E-state index contributed by atoms with van der Waals surface area (Å²) in [6, 6.07) is 11.9. The molecule has 0 unspecified atom stereocenters. The lowest BCUT2D eigenvalue weighted by molar-refractivity contribution is 0.171. The van der Waals surface area contributed by atoms with Crippen LogP contribution in [0.1, 0.15) is 23.7 Å². The van der Waals surface area contributed by atoms with Gasteiger partial charge in [-0.15, -0.1) is 0 Å². The molecule has 1 aliphatic heterocycles. The standard InChI is InChI=1S/C18H17FN2O3/c19-13-4-1-3-12(7-13)16-9-15(22)11-21(16)10-14-8-18(24-20-14)17-5-2-6-23-17/h1-8,15-16,22H,9-11H2/t15-,16-/m1/s1. The Bertz CT molecular complexity index is 815. The van der Waals surface area contributed by atoms with Gasteiger partial charge < -0.3 is 14.0 Å². The van der Waals surface area contributed by atoms with Crippen molar-refractivity contribution < 1.29 is 18.4 Å². The Balaban J connectivity index is 1.54. The lowest BCUT2D eigenvalue weighted by atomic mass is 10.0. The number of aliphatic hydroxyl groups is 1. The Labute approximate surface area is 138 Å². The first-order valence-corrected chi connectivity index (χ1v) is 7.86. The first-order valence-electron chi connectivity index (χ1n) is 7.86. The van der Waals surface area contributed by atoms with Gasteiger partial charge in [0, 0.05) is 25.2 Å². The molecule has 0 aliphatic carbocycles. The molecule has 3 heterocycles. The predicted octanol–water partition coefficient (Wildman–Crippen LogP) is 3.38. The van der Waals surface area contributed by atoms with Crippen LogP contribution < -0.4 is 0 Å². The van der Waals surface area contributed by atoms with Crippen LogP contribution in [0.3, 0.4) is 0 Å². The van der Waals surface area contributed by atoms with Crippen molar-refractivity contribution in [2.24, 2.45) is 0 Å². The van der Waals surface area contributed by atoms with Crippen molar-refractivity contribution in [1.29, 1.82) is 0 Å². The smallest absolute Gasteiger partial charge is 0.202 e. The summed E-state index contributed by atoms with van der Waals surface area (Å²) in [5.74, 6) is 0.921. The van der Waals surface area contributed by atoms with Crippen molar-refractivity contribution >= 4 is 0 Å². The minimum absolute atomic E-state index is 0.0422. The maximum atomic E-state index is 13.5. The van der Waals surface area contributed by atoms with Gasteiger partial charge in [0.05, 0.1) is 18.1 Å². The molecular weight excluding hydrogens is 311 g/mol. The summed E-state index contributed by atoms with van der Waals surface area (Å²) in [5.41, 5.74) is 1.61. The number of likely N-dealkylation sites (tertiary alicyclic amines) is 1. The highest BCUT2D eigenvalue weighted by Crippen LogP contribution is 2.34. The van der Waals surface area contributed by atoms with E-state index in [2.05, 4.69) is 10.1 Å². The molecule has 1 aromatic carbocycles. The van der Waals surface area contributed by atoms with Crippen LogP contribution in [-0.4, -0.2) is 27.8 Å². The zero-order valence-corrected chi connectivity index (χ0v) is 12.9. The van der Waals surface area contributed by atoms with Crippen LogP contribution in [0, 0.1) is 5.82 Å². The molecule has 124 valence electrons. The molecule has 1 saturated heterocycles. The number of halogens is 1. The number of aliphatic hydroxyl groups excluding tert-OH is 1. The number of hydrogen-bond donors (Lipinski definition) is 1. The number of benzene rings is 1. The third-order valence-corrected chi connectivity index (χ3v) is 4.30. The van der Waals surface area contributed by atoms with E-state index < -0.39 is 6.10 Å². The maximum Gasteiger partial charge on any atom is 0.202 e. The number of β-amino-alcohol motifs (C(OH)–C–C–N with tert-alkyl or cyclic N) is 1. The number of hydrogen-bond acceptors (Lipinski definition) is 5. The molecule has 0 bridgehead atoms. The monoisotopic (exact) mass is 328 g/mol. The third kappa shape index (κ3) is 2.98. The van der Waals surface area contributed by atoms with Crippen LogP contribution in [0.15, 0.2) is 57.7 Å². The summed E-state index contributed by atoms with van der Waals surface area (Å²) in [5, 5.41) is 14.1. The molecule has 3 aromatic rings. The van der Waals surface area contributed by atoms with Gasteiger partial charge >= 0.3 is 0 Å². The van der Waals surface area contributed by atoms with Crippen LogP contribution in [0.4, 0.5) is 4.39 Å². The molecule has 2 atom stereocenters. The highest BCUT2D eigenvalue weighted by Gasteiger charge is 2.32. The van der Waals surface area contributed by atoms with Crippen LogP contribution in [-0.2, 0) is 6.54 Å². The molecule has 24 heavy (non-hydrogen) atoms. The molecule has 0 saturated carbocycles. The molecule has 0 amide bonds. The van der Waals surface area contributed by atoms with E-state index >= 15 is 0 Å². The first kappa shape index (κ1) is 15.1. The topological polar surface area (TPSA) is 62.6 Å². The summed E-state index contributed by atoms with van der Waals surface area (Å²) in [4.78, 5) is 2.09. The quantitative estimate of drug-likeness (QED) is 0.795. The van der Waals surface area contributed by atoms with Gasteiger partial charge in [0.25, 0.3) is 0 Å². The molecular formula is C18H17FN2O3. The molecule has 5 nitrogen and oxygen atoms in total. The normalized spacial score (nSPS) is 21.4. The average molecular weight is 328 g/mol. The molecule has 1 aliphatic rings. The molecule has 1 fully saturated rings. The predicted molar refractivity (Wildman–Crippen MR) is 84.4 cm³/mol. The maximum absolute atomic E-state index is 13.5. The fourth-order valence-corrected chi connectivity index (χ4v) is 3.24. The molecule has 2 aromatic heterocycles. The van der Waals surface area contributed by atoms with E-state index in [1.165, 1.54) is 12.1 Å². The van der Waals surface area contributed by atoms with Gasteiger partial charge in [0.2, 0.25) is 5.76 Å². The SMILES string of the molecule is O[C@@H]1C[C@H](c2cccc(F)c2)N(Cc2cc(-c3ccco3)on2)C1. The summed E-state index contributed by atoms with van der Waals surface area (Å²) in [7, 11) is 0. The van der Waals surface area contributed by atoms with E-state index in [-0.39, 0.29) is 11.9 Å². The highest BCUT2D eigenvalue weighted by molar-refractivity contribution is 5.49. The average Bonchev–Trinajstić information content (AvgIpc) is 3.28. The second kappa shape index (κ2) is 6.22. The van der Waals surface area contributed by atoms with Gasteiger partial charge in [-0.25, -0.2) is 4.39 Å². The number of aromatic nitrogens is 1. The Morgan fingerprint density at radius 1 is 1.21 bits per heavy atom. The van der Waals surface area contributed by atoms with Crippen molar-refractivity contribution in [1.82, 2.24) is 10.1 Å². The van der Waals surface area contributed by atoms with E-state index in [9.17, 15) is 9.50 Å². The van der Waals surface area contributed by atoms with Gasteiger partial charge in [-0.3, -0.25) is 4.90 Å². The van der Waals surface area contributed by atoms with E-state index in [0.717, 1.165) is 11.3 Å². The van der Waals surface area contributed by atoms with Crippen molar-refractivity contribution in [3.05, 3.63) is 65.8 Å². The number of furan rings is 1. The molecule has 6 heteroatoms. The van der Waals surface area contributed by atoms with E-state index in [4.69, 9.17) is 8.94 Å². The van der Waals surface area contributed by atoms with Gasteiger partial charge in [-0.05, 0) is 36.2 Å². The summed E-state index contributed by atoms with van der Waals surface area (Å²) < 4.78 is 24.1. The van der Waals surface area contributed by atoms with Crippen molar-refractivity contribution in [3.63, 3.8) is 0 Å². The zero-order chi connectivity index (χ0) is 16.5. The second-order valence-corrected chi connectivity index (χ2v) is 6.05. The van der Waals surface area contributed by atoms with E-state index in [1.54, 1.807) is 24.5 Å². The van der Waals surface area contributed by atoms with E-state index in [0.29, 0.717) is 31.0 Å². The molecule has 0 radical (unpaired) electrons. The summed E-state index contributed by atoms with van der Waals surface area (Å²) >= 11 is 0. The van der Waals surface area contributed by atoms with Crippen LogP contribution in [0.25, 0.3) is 11.5 Å². The fourth-order valence-electron chi connectivity index (χ4n) is 3.24.